The highest BCUT2D eigenvalue weighted by atomic mass is 16.5. The fourth-order valence-electron chi connectivity index (χ4n) is 3.22. The van der Waals surface area contributed by atoms with Gasteiger partial charge >= 0.3 is 0 Å². The number of aliphatic hydroxyl groups is 1. The molecule has 0 aromatic heterocycles. The summed E-state index contributed by atoms with van der Waals surface area (Å²) in [6.07, 6.45) is 4.63. The lowest BCUT2D eigenvalue weighted by atomic mass is 9.82. The topological polar surface area (TPSA) is 29.5 Å². The first-order valence-corrected chi connectivity index (χ1v) is 7.15. The molecule has 102 valence electrons. The summed E-state index contributed by atoms with van der Waals surface area (Å²) in [5.41, 5.74) is -0.671. The number of hydrogen-bond acceptors (Lipinski definition) is 2. The second-order valence-electron chi connectivity index (χ2n) is 6.50. The quantitative estimate of drug-likeness (QED) is 0.821. The Morgan fingerprint density at radius 3 is 1.76 bits per heavy atom. The first-order chi connectivity index (χ1) is 7.85. The molecule has 2 unspecified atom stereocenters. The van der Waals surface area contributed by atoms with Gasteiger partial charge in [-0.25, -0.2) is 0 Å². The predicted octanol–water partition coefficient (Wildman–Crippen LogP) is 3.48. The highest BCUT2D eigenvalue weighted by molar-refractivity contribution is 4.92. The van der Waals surface area contributed by atoms with Crippen molar-refractivity contribution in [1.82, 2.24) is 0 Å². The molecule has 0 aromatic carbocycles. The third-order valence-electron chi connectivity index (χ3n) is 4.49. The molecule has 2 aliphatic rings. The Labute approximate surface area is 107 Å². The molecule has 17 heavy (non-hydrogen) atoms. The van der Waals surface area contributed by atoms with Gasteiger partial charge in [-0.15, -0.1) is 0 Å². The molecule has 0 heterocycles. The zero-order valence-corrected chi connectivity index (χ0v) is 12.2. The maximum atomic E-state index is 9.02. The fraction of sp³-hybridized carbons (Fsp3) is 1.00. The Balaban J connectivity index is 0.000000172. The first-order valence-electron chi connectivity index (χ1n) is 7.15. The van der Waals surface area contributed by atoms with Crippen molar-refractivity contribution in [3.05, 3.63) is 0 Å². The maximum absolute atomic E-state index is 9.02. The van der Waals surface area contributed by atoms with Gasteiger partial charge in [-0.1, -0.05) is 13.8 Å². The normalized spacial score (nSPS) is 35.6. The van der Waals surface area contributed by atoms with E-state index in [2.05, 4.69) is 13.8 Å². The molecule has 2 heteroatoms. The Morgan fingerprint density at radius 1 is 1.12 bits per heavy atom. The zero-order chi connectivity index (χ0) is 13.1. The van der Waals surface area contributed by atoms with Crippen molar-refractivity contribution < 1.29 is 9.84 Å². The standard InChI is InChI=1S/C9H16.C6H14O2/c1-6-7(2)9-4-3-8(6)5-9;1-4-8-5-6(2,3)7/h6-9H,3-5H2,1-2H3;7H,4-5H2,1-3H3/t6?,7?,8-,9+;. The van der Waals surface area contributed by atoms with Gasteiger partial charge < -0.3 is 9.84 Å². The summed E-state index contributed by atoms with van der Waals surface area (Å²) < 4.78 is 4.95. The maximum Gasteiger partial charge on any atom is 0.0824 e. The molecule has 2 bridgehead atoms. The lowest BCUT2D eigenvalue weighted by molar-refractivity contribution is -0.0169. The fourth-order valence-corrected chi connectivity index (χ4v) is 3.22. The lowest BCUT2D eigenvalue weighted by Gasteiger charge is -2.24. The molecular weight excluding hydrogens is 212 g/mol. The molecule has 0 aliphatic heterocycles. The SMILES string of the molecule is CC1C(C)[C@H]2CC[C@@H]1C2.CCOCC(C)(C)O. The summed E-state index contributed by atoms with van der Waals surface area (Å²) >= 11 is 0. The number of ether oxygens (including phenoxy) is 1. The van der Waals surface area contributed by atoms with Crippen LogP contribution in [0.15, 0.2) is 0 Å². The third-order valence-corrected chi connectivity index (χ3v) is 4.49. The van der Waals surface area contributed by atoms with E-state index in [1.165, 1.54) is 12.8 Å². The first kappa shape index (κ1) is 15.0. The van der Waals surface area contributed by atoms with Crippen LogP contribution in [0.2, 0.25) is 0 Å². The molecule has 2 rings (SSSR count). The molecule has 2 nitrogen and oxygen atoms in total. The summed E-state index contributed by atoms with van der Waals surface area (Å²) in [6, 6.07) is 0. The van der Waals surface area contributed by atoms with Crippen molar-refractivity contribution in [3.63, 3.8) is 0 Å². The summed E-state index contributed by atoms with van der Waals surface area (Å²) in [5.74, 6) is 4.32. The van der Waals surface area contributed by atoms with Crippen LogP contribution in [0.1, 0.15) is 53.9 Å². The van der Waals surface area contributed by atoms with Gasteiger partial charge in [-0.05, 0) is 63.7 Å². The second-order valence-corrected chi connectivity index (χ2v) is 6.50. The van der Waals surface area contributed by atoms with E-state index >= 15 is 0 Å². The van der Waals surface area contributed by atoms with E-state index < -0.39 is 5.60 Å². The highest BCUT2D eigenvalue weighted by Crippen LogP contribution is 2.51. The Hall–Kier alpha value is -0.0800. The van der Waals surface area contributed by atoms with Crippen molar-refractivity contribution in [1.29, 1.82) is 0 Å². The van der Waals surface area contributed by atoms with Gasteiger partial charge in [0.05, 0.1) is 12.2 Å². The summed E-state index contributed by atoms with van der Waals surface area (Å²) in [5, 5.41) is 9.02. The molecule has 4 atom stereocenters. The molecule has 2 aliphatic carbocycles. The van der Waals surface area contributed by atoms with E-state index in [-0.39, 0.29) is 0 Å². The summed E-state index contributed by atoms with van der Waals surface area (Å²) in [7, 11) is 0. The monoisotopic (exact) mass is 242 g/mol. The van der Waals surface area contributed by atoms with Crippen LogP contribution in [0, 0.1) is 23.7 Å². The number of rotatable bonds is 3. The van der Waals surface area contributed by atoms with Crippen LogP contribution in [0.5, 0.6) is 0 Å². The smallest absolute Gasteiger partial charge is 0.0824 e. The molecule has 1 N–H and O–H groups in total. The summed E-state index contributed by atoms with van der Waals surface area (Å²) in [4.78, 5) is 0. The largest absolute Gasteiger partial charge is 0.388 e. The van der Waals surface area contributed by atoms with Crippen LogP contribution >= 0.6 is 0 Å². The molecule has 0 radical (unpaired) electrons. The molecule has 0 amide bonds. The zero-order valence-electron chi connectivity index (χ0n) is 12.2. The molecule has 2 saturated carbocycles. The van der Waals surface area contributed by atoms with Gasteiger partial charge in [0.25, 0.3) is 0 Å². The van der Waals surface area contributed by atoms with Crippen LogP contribution in [-0.2, 0) is 4.74 Å². The van der Waals surface area contributed by atoms with Crippen molar-refractivity contribution in [3.8, 4) is 0 Å². The Bertz CT molecular complexity index is 201. The molecule has 0 aromatic rings. The molecule has 0 spiro atoms. The highest BCUT2D eigenvalue weighted by Gasteiger charge is 2.42. The second kappa shape index (κ2) is 6.19. The van der Waals surface area contributed by atoms with E-state index in [9.17, 15) is 0 Å². The van der Waals surface area contributed by atoms with Crippen LogP contribution in [-0.4, -0.2) is 23.9 Å². The Kier molecular flexibility index (Phi) is 5.46. The third kappa shape index (κ3) is 4.59. The van der Waals surface area contributed by atoms with E-state index in [0.29, 0.717) is 13.2 Å². The summed E-state index contributed by atoms with van der Waals surface area (Å²) in [6.45, 7) is 11.3. The molecular formula is C15H30O2. The lowest BCUT2D eigenvalue weighted by Crippen LogP contribution is -2.25. The van der Waals surface area contributed by atoms with Crippen LogP contribution in [0.25, 0.3) is 0 Å². The van der Waals surface area contributed by atoms with Gasteiger partial charge in [0.15, 0.2) is 0 Å². The van der Waals surface area contributed by atoms with Crippen LogP contribution in [0.3, 0.4) is 0 Å². The van der Waals surface area contributed by atoms with E-state index in [1.54, 1.807) is 20.3 Å². The van der Waals surface area contributed by atoms with Crippen LogP contribution in [0.4, 0.5) is 0 Å². The van der Waals surface area contributed by atoms with Gasteiger partial charge in [0.2, 0.25) is 0 Å². The van der Waals surface area contributed by atoms with E-state index in [1.807, 2.05) is 6.92 Å². The average Bonchev–Trinajstić information content (AvgIpc) is 2.80. The van der Waals surface area contributed by atoms with Crippen molar-refractivity contribution in [2.45, 2.75) is 59.5 Å². The van der Waals surface area contributed by atoms with Gasteiger partial charge in [-0.2, -0.15) is 0 Å². The van der Waals surface area contributed by atoms with Gasteiger partial charge in [0.1, 0.15) is 0 Å². The van der Waals surface area contributed by atoms with Crippen molar-refractivity contribution in [2.75, 3.05) is 13.2 Å². The minimum atomic E-state index is -0.671. The minimum absolute atomic E-state index is 0.420. The van der Waals surface area contributed by atoms with Gasteiger partial charge in [-0.3, -0.25) is 0 Å². The minimum Gasteiger partial charge on any atom is -0.388 e. The van der Waals surface area contributed by atoms with Crippen molar-refractivity contribution in [2.24, 2.45) is 23.7 Å². The predicted molar refractivity (Wildman–Crippen MR) is 71.9 cm³/mol. The Morgan fingerprint density at radius 2 is 1.59 bits per heavy atom. The van der Waals surface area contributed by atoms with Crippen LogP contribution < -0.4 is 0 Å². The number of hydrogen-bond donors (Lipinski definition) is 1. The molecule has 2 fully saturated rings. The van der Waals surface area contributed by atoms with Gasteiger partial charge in [0, 0.05) is 6.61 Å². The average molecular weight is 242 g/mol. The van der Waals surface area contributed by atoms with E-state index in [4.69, 9.17) is 9.84 Å². The van der Waals surface area contributed by atoms with Crippen molar-refractivity contribution >= 4 is 0 Å². The number of fused-ring (bicyclic) bond motifs is 2. The van der Waals surface area contributed by atoms with E-state index in [0.717, 1.165) is 23.7 Å². The molecule has 0 saturated heterocycles.